The smallest absolute Gasteiger partial charge is 0.237 e. The van der Waals surface area contributed by atoms with E-state index in [-0.39, 0.29) is 24.1 Å². The van der Waals surface area contributed by atoms with Gasteiger partial charge >= 0.3 is 0 Å². The third-order valence-corrected chi connectivity index (χ3v) is 6.44. The van der Waals surface area contributed by atoms with Crippen LogP contribution in [0.4, 0.5) is 5.69 Å². The molecule has 2 aromatic rings. The van der Waals surface area contributed by atoms with Crippen molar-refractivity contribution in [2.24, 2.45) is 0 Å². The Balaban J connectivity index is 1.72. The lowest BCUT2D eigenvalue weighted by atomic mass is 9.72. The van der Waals surface area contributed by atoms with Crippen molar-refractivity contribution in [2.75, 3.05) is 11.6 Å². The molecule has 0 aromatic heterocycles. The Hall–Kier alpha value is -2.80. The van der Waals surface area contributed by atoms with Crippen LogP contribution in [-0.4, -0.2) is 28.2 Å². The number of imide groups is 1. The van der Waals surface area contributed by atoms with Crippen LogP contribution in [0.25, 0.3) is 0 Å². The molecule has 0 unspecified atom stereocenters. The maximum Gasteiger partial charge on any atom is 0.237 e. The fourth-order valence-electron chi connectivity index (χ4n) is 3.75. The van der Waals surface area contributed by atoms with Crippen molar-refractivity contribution in [3.63, 3.8) is 0 Å². The molecule has 1 saturated heterocycles. The highest BCUT2D eigenvalue weighted by Crippen LogP contribution is 2.36. The highest BCUT2D eigenvalue weighted by Gasteiger charge is 2.42. The van der Waals surface area contributed by atoms with Gasteiger partial charge in [-0.25, -0.2) is 0 Å². The molecule has 0 radical (unpaired) electrons. The molecule has 3 rings (SSSR count). The zero-order valence-electron chi connectivity index (χ0n) is 16.5. The maximum absolute atomic E-state index is 12.5. The van der Waals surface area contributed by atoms with Gasteiger partial charge in [0.15, 0.2) is 0 Å². The summed E-state index contributed by atoms with van der Waals surface area (Å²) in [5.41, 5.74) is 1.46. The van der Waals surface area contributed by atoms with Crippen molar-refractivity contribution < 1.29 is 18.6 Å². The number of benzene rings is 2. The molecule has 2 aromatic carbocycles. The summed E-state index contributed by atoms with van der Waals surface area (Å²) in [5, 5.41) is 5.28. The van der Waals surface area contributed by atoms with Crippen LogP contribution in [0.3, 0.4) is 0 Å². The fraction of sp³-hybridized carbons (Fsp3) is 0.318. The first kappa shape index (κ1) is 20.9. The standard InChI is InChI=1S/C22H24N2O4S/c1-3-22(13-12-19(25)24-21(22)27)16-8-10-17(11-9-16)23-20(26)14-15-6-4-5-7-18(15)29(2)28/h4-11H,3,12-14H2,1-2H3,(H,23,26)(H,24,25,27)/t22-,29-/m1/s1. The summed E-state index contributed by atoms with van der Waals surface area (Å²) in [5.74, 6) is -0.713. The Morgan fingerprint density at radius 1 is 1.14 bits per heavy atom. The predicted molar refractivity (Wildman–Crippen MR) is 112 cm³/mol. The van der Waals surface area contributed by atoms with Gasteiger partial charge in [-0.05, 0) is 42.2 Å². The summed E-state index contributed by atoms with van der Waals surface area (Å²) in [4.78, 5) is 37.1. The summed E-state index contributed by atoms with van der Waals surface area (Å²) >= 11 is 0. The molecule has 0 saturated carbocycles. The second-order valence-electron chi connectivity index (χ2n) is 7.18. The Morgan fingerprint density at radius 3 is 2.45 bits per heavy atom. The molecule has 1 aliphatic heterocycles. The van der Waals surface area contributed by atoms with Gasteiger partial charge in [-0.3, -0.25) is 23.9 Å². The number of carbonyl (C=O) groups excluding carboxylic acids is 3. The molecule has 0 bridgehead atoms. The van der Waals surface area contributed by atoms with Crippen molar-refractivity contribution >= 4 is 34.2 Å². The minimum Gasteiger partial charge on any atom is -0.326 e. The summed E-state index contributed by atoms with van der Waals surface area (Å²) in [6.07, 6.45) is 3.10. The summed E-state index contributed by atoms with van der Waals surface area (Å²) < 4.78 is 11.8. The van der Waals surface area contributed by atoms with E-state index in [0.717, 1.165) is 11.1 Å². The quantitative estimate of drug-likeness (QED) is 0.714. The van der Waals surface area contributed by atoms with E-state index >= 15 is 0 Å². The van der Waals surface area contributed by atoms with Crippen LogP contribution in [0.1, 0.15) is 37.3 Å². The minimum atomic E-state index is -1.16. The second kappa shape index (κ2) is 8.69. The number of rotatable bonds is 6. The first-order valence-electron chi connectivity index (χ1n) is 9.52. The highest BCUT2D eigenvalue weighted by molar-refractivity contribution is 7.84. The van der Waals surface area contributed by atoms with E-state index in [9.17, 15) is 18.6 Å². The lowest BCUT2D eigenvalue weighted by Crippen LogP contribution is -2.51. The first-order chi connectivity index (χ1) is 13.9. The van der Waals surface area contributed by atoms with E-state index in [1.165, 1.54) is 0 Å². The van der Waals surface area contributed by atoms with Gasteiger partial charge in [-0.1, -0.05) is 37.3 Å². The van der Waals surface area contributed by atoms with E-state index < -0.39 is 16.2 Å². The summed E-state index contributed by atoms with van der Waals surface area (Å²) in [6.45, 7) is 1.93. The van der Waals surface area contributed by atoms with Gasteiger partial charge < -0.3 is 5.32 Å². The van der Waals surface area contributed by atoms with Gasteiger partial charge in [0, 0.05) is 23.3 Å². The predicted octanol–water partition coefficient (Wildman–Crippen LogP) is 2.69. The lowest BCUT2D eigenvalue weighted by molar-refractivity contribution is -0.138. The van der Waals surface area contributed by atoms with Gasteiger partial charge in [-0.15, -0.1) is 0 Å². The van der Waals surface area contributed by atoms with E-state index in [1.54, 1.807) is 36.6 Å². The molecule has 29 heavy (non-hydrogen) atoms. The Bertz CT molecular complexity index is 971. The third-order valence-electron chi connectivity index (χ3n) is 5.42. The van der Waals surface area contributed by atoms with Gasteiger partial charge in [-0.2, -0.15) is 0 Å². The van der Waals surface area contributed by atoms with Crippen LogP contribution in [0.15, 0.2) is 53.4 Å². The molecular weight excluding hydrogens is 388 g/mol. The average molecular weight is 413 g/mol. The molecule has 1 aliphatic rings. The second-order valence-corrected chi connectivity index (χ2v) is 8.53. The fourth-order valence-corrected chi connectivity index (χ4v) is 4.53. The van der Waals surface area contributed by atoms with Crippen molar-refractivity contribution in [3.05, 3.63) is 59.7 Å². The molecule has 0 aliphatic carbocycles. The van der Waals surface area contributed by atoms with E-state index in [1.807, 2.05) is 25.1 Å². The Kier molecular flexibility index (Phi) is 6.27. The number of piperidine rings is 1. The largest absolute Gasteiger partial charge is 0.326 e. The van der Waals surface area contributed by atoms with E-state index in [0.29, 0.717) is 29.8 Å². The van der Waals surface area contributed by atoms with E-state index in [2.05, 4.69) is 10.6 Å². The van der Waals surface area contributed by atoms with Crippen LogP contribution in [-0.2, 0) is 37.0 Å². The SMILES string of the molecule is CC[C@]1(c2ccc(NC(=O)Cc3ccccc3[S@@](C)=O)cc2)CCC(=O)NC1=O. The summed E-state index contributed by atoms with van der Waals surface area (Å²) in [7, 11) is -1.16. The normalized spacial score (nSPS) is 20.1. The maximum atomic E-state index is 12.5. The van der Waals surface area contributed by atoms with Gasteiger partial charge in [0.1, 0.15) is 0 Å². The number of hydrogen-bond donors (Lipinski definition) is 2. The molecular formula is C22H24N2O4S. The molecule has 1 fully saturated rings. The Labute approximate surface area is 172 Å². The van der Waals surface area contributed by atoms with Crippen LogP contribution in [0, 0.1) is 0 Å². The van der Waals surface area contributed by atoms with Gasteiger partial charge in [0.25, 0.3) is 0 Å². The van der Waals surface area contributed by atoms with Crippen molar-refractivity contribution in [1.29, 1.82) is 0 Å². The zero-order valence-corrected chi connectivity index (χ0v) is 17.3. The van der Waals surface area contributed by atoms with E-state index in [4.69, 9.17) is 0 Å². The minimum absolute atomic E-state index is 0.126. The topological polar surface area (TPSA) is 92.3 Å². The number of nitrogens with one attached hydrogen (secondary N) is 2. The molecule has 0 spiro atoms. The zero-order chi connectivity index (χ0) is 21.0. The van der Waals surface area contributed by atoms with Crippen LogP contribution in [0.2, 0.25) is 0 Å². The van der Waals surface area contributed by atoms with Crippen molar-refractivity contribution in [1.82, 2.24) is 5.32 Å². The molecule has 3 amide bonds. The number of carbonyl (C=O) groups is 3. The van der Waals surface area contributed by atoms with Crippen LogP contribution in [0.5, 0.6) is 0 Å². The number of amides is 3. The van der Waals surface area contributed by atoms with Gasteiger partial charge in [0.05, 0.1) is 22.6 Å². The molecule has 1 heterocycles. The van der Waals surface area contributed by atoms with Gasteiger partial charge in [0.2, 0.25) is 17.7 Å². The molecule has 152 valence electrons. The molecule has 7 heteroatoms. The molecule has 6 nitrogen and oxygen atoms in total. The third kappa shape index (κ3) is 4.45. The highest BCUT2D eigenvalue weighted by atomic mass is 32.2. The summed E-state index contributed by atoms with van der Waals surface area (Å²) in [6, 6.07) is 14.3. The van der Waals surface area contributed by atoms with Crippen molar-refractivity contribution in [2.45, 2.75) is 42.9 Å². The lowest BCUT2D eigenvalue weighted by Gasteiger charge is -2.35. The number of hydrogen-bond acceptors (Lipinski definition) is 4. The molecule has 2 N–H and O–H groups in total. The monoisotopic (exact) mass is 412 g/mol. The molecule has 2 atom stereocenters. The Morgan fingerprint density at radius 2 is 1.83 bits per heavy atom. The first-order valence-corrected chi connectivity index (χ1v) is 11.1. The average Bonchev–Trinajstić information content (AvgIpc) is 2.69. The van der Waals surface area contributed by atoms with Crippen LogP contribution >= 0.6 is 0 Å². The number of anilines is 1. The van der Waals surface area contributed by atoms with Crippen LogP contribution < -0.4 is 10.6 Å². The van der Waals surface area contributed by atoms with Crippen molar-refractivity contribution in [3.8, 4) is 0 Å².